The van der Waals surface area contributed by atoms with Crippen LogP contribution in [0.4, 0.5) is 0 Å². The largest absolute Gasteiger partial charge is 0.481 e. The molecule has 0 amide bonds. The number of carboxylic acid groups (broad SMARTS) is 1. The molecule has 0 aliphatic carbocycles. The van der Waals surface area contributed by atoms with Crippen molar-refractivity contribution < 1.29 is 19.4 Å². The number of halogens is 2. The van der Waals surface area contributed by atoms with Crippen LogP contribution in [0.2, 0.25) is 10.0 Å². The lowest BCUT2D eigenvalue weighted by Crippen LogP contribution is -2.48. The fourth-order valence-electron chi connectivity index (χ4n) is 3.14. The van der Waals surface area contributed by atoms with Crippen molar-refractivity contribution in [1.82, 2.24) is 4.90 Å². The van der Waals surface area contributed by atoms with E-state index >= 15 is 0 Å². The van der Waals surface area contributed by atoms with E-state index in [4.69, 9.17) is 37.8 Å². The van der Waals surface area contributed by atoms with Crippen LogP contribution in [0, 0.1) is 0 Å². The van der Waals surface area contributed by atoms with Gasteiger partial charge in [-0.05, 0) is 36.8 Å². The smallest absolute Gasteiger partial charge is 0.304 e. The van der Waals surface area contributed by atoms with Crippen molar-refractivity contribution in [1.29, 1.82) is 0 Å². The van der Waals surface area contributed by atoms with Crippen molar-refractivity contribution >= 4 is 29.2 Å². The predicted octanol–water partition coefficient (Wildman–Crippen LogP) is 4.81. The number of hydrogen-bond acceptors (Lipinski definition) is 4. The van der Waals surface area contributed by atoms with Gasteiger partial charge in [0.25, 0.3) is 0 Å². The van der Waals surface area contributed by atoms with Crippen molar-refractivity contribution in [3.8, 4) is 11.5 Å². The summed E-state index contributed by atoms with van der Waals surface area (Å²) in [4.78, 5) is 12.9. The lowest BCUT2D eigenvalue weighted by molar-refractivity contribution is -0.139. The van der Waals surface area contributed by atoms with Crippen LogP contribution in [0.1, 0.15) is 18.9 Å². The molecule has 1 fully saturated rings. The van der Waals surface area contributed by atoms with Crippen LogP contribution in [0.15, 0.2) is 42.5 Å². The summed E-state index contributed by atoms with van der Waals surface area (Å²) in [6, 6.07) is 12.8. The van der Waals surface area contributed by atoms with Gasteiger partial charge in [-0.2, -0.15) is 0 Å². The van der Waals surface area contributed by atoms with Gasteiger partial charge in [-0.25, -0.2) is 0 Å². The van der Waals surface area contributed by atoms with Gasteiger partial charge in [-0.3, -0.25) is 9.69 Å². The number of ether oxygens (including phenoxy) is 2. The fourth-order valence-corrected chi connectivity index (χ4v) is 3.62. The number of hydrogen-bond donors (Lipinski definition) is 1. The van der Waals surface area contributed by atoms with Crippen molar-refractivity contribution in [2.75, 3.05) is 26.2 Å². The molecule has 0 radical (unpaired) electrons. The third-order valence-electron chi connectivity index (χ3n) is 4.60. The van der Waals surface area contributed by atoms with E-state index in [0.717, 1.165) is 12.1 Å². The molecule has 2 aromatic rings. The average Bonchev–Trinajstić information content (AvgIpc) is 2.64. The lowest BCUT2D eigenvalue weighted by atomic mass is 9.93. The third-order valence-corrected chi connectivity index (χ3v) is 5.19. The Hall–Kier alpha value is -1.79. The van der Waals surface area contributed by atoms with Crippen LogP contribution in [-0.2, 0) is 15.1 Å². The number of para-hydroxylation sites is 1. The maximum absolute atomic E-state index is 10.8. The lowest BCUT2D eigenvalue weighted by Gasteiger charge is -2.40. The highest BCUT2D eigenvalue weighted by Gasteiger charge is 2.33. The van der Waals surface area contributed by atoms with E-state index in [2.05, 4.69) is 4.90 Å². The topological polar surface area (TPSA) is 59.0 Å². The number of carbonyl (C=O) groups is 1. The molecule has 3 rings (SSSR count). The molecule has 1 N–H and O–H groups in total. The summed E-state index contributed by atoms with van der Waals surface area (Å²) in [7, 11) is 0. The normalized spacial score (nSPS) is 20.4. The first-order valence-electron chi connectivity index (χ1n) is 8.68. The molecule has 144 valence electrons. The monoisotopic (exact) mass is 409 g/mol. The molecular weight excluding hydrogens is 389 g/mol. The van der Waals surface area contributed by atoms with Gasteiger partial charge in [0.15, 0.2) is 5.75 Å². The molecule has 1 saturated heterocycles. The first-order valence-corrected chi connectivity index (χ1v) is 9.43. The molecule has 0 bridgehead atoms. The summed E-state index contributed by atoms with van der Waals surface area (Å²) in [6.45, 7) is 4.46. The third kappa shape index (κ3) is 4.93. The van der Waals surface area contributed by atoms with Crippen LogP contribution in [0.3, 0.4) is 0 Å². The van der Waals surface area contributed by atoms with Crippen LogP contribution in [0.5, 0.6) is 11.5 Å². The zero-order valence-corrected chi connectivity index (χ0v) is 16.5. The van der Waals surface area contributed by atoms with Crippen LogP contribution in [0.25, 0.3) is 0 Å². The SMILES string of the molecule is CC1(c2ccc(Oc3c(Cl)cccc3Cl)cc2)CN(CCC(=O)O)CCO1. The second kappa shape index (κ2) is 8.48. The molecule has 1 atom stereocenters. The molecule has 1 heterocycles. The first kappa shape index (κ1) is 20.0. The first-order chi connectivity index (χ1) is 12.9. The van der Waals surface area contributed by atoms with Gasteiger partial charge >= 0.3 is 5.97 Å². The molecule has 0 aromatic heterocycles. The van der Waals surface area contributed by atoms with E-state index in [1.54, 1.807) is 18.2 Å². The Morgan fingerprint density at radius 1 is 1.22 bits per heavy atom. The van der Waals surface area contributed by atoms with Gasteiger partial charge in [0.2, 0.25) is 0 Å². The van der Waals surface area contributed by atoms with Gasteiger partial charge in [0.05, 0.1) is 23.1 Å². The summed E-state index contributed by atoms with van der Waals surface area (Å²) in [5.74, 6) is 0.257. The molecule has 2 aromatic carbocycles. The average molecular weight is 410 g/mol. The molecule has 0 saturated carbocycles. The van der Waals surface area contributed by atoms with E-state index < -0.39 is 11.6 Å². The van der Waals surface area contributed by atoms with Crippen LogP contribution >= 0.6 is 23.2 Å². The number of rotatable bonds is 6. The van der Waals surface area contributed by atoms with E-state index in [1.807, 2.05) is 31.2 Å². The highest BCUT2D eigenvalue weighted by molar-refractivity contribution is 6.37. The Morgan fingerprint density at radius 2 is 1.89 bits per heavy atom. The molecule has 1 unspecified atom stereocenters. The zero-order valence-electron chi connectivity index (χ0n) is 15.0. The second-order valence-electron chi connectivity index (χ2n) is 6.68. The Kier molecular flexibility index (Phi) is 6.27. The Bertz CT molecular complexity index is 792. The van der Waals surface area contributed by atoms with E-state index in [9.17, 15) is 4.79 Å². The standard InChI is InChI=1S/C20H21Cl2NO4/c1-20(13-23(11-12-26-20)10-9-18(24)25)14-5-7-15(8-6-14)27-19-16(21)3-2-4-17(19)22/h2-8H,9-13H2,1H3,(H,24,25). The summed E-state index contributed by atoms with van der Waals surface area (Å²) < 4.78 is 11.8. The molecule has 1 aliphatic heterocycles. The highest BCUT2D eigenvalue weighted by atomic mass is 35.5. The van der Waals surface area contributed by atoms with Crippen molar-refractivity contribution in [2.45, 2.75) is 18.9 Å². The van der Waals surface area contributed by atoms with Crippen molar-refractivity contribution in [3.63, 3.8) is 0 Å². The quantitative estimate of drug-likeness (QED) is 0.741. The molecule has 0 spiro atoms. The minimum absolute atomic E-state index is 0.126. The number of benzene rings is 2. The molecule has 7 heteroatoms. The van der Waals surface area contributed by atoms with Gasteiger partial charge in [0.1, 0.15) is 11.4 Å². The Labute approximate surface area is 168 Å². The number of aliphatic carboxylic acids is 1. The summed E-state index contributed by atoms with van der Waals surface area (Å²) in [5.41, 5.74) is 0.497. The van der Waals surface area contributed by atoms with Crippen LogP contribution in [-0.4, -0.2) is 42.2 Å². The maximum atomic E-state index is 10.8. The Morgan fingerprint density at radius 3 is 2.52 bits per heavy atom. The minimum Gasteiger partial charge on any atom is -0.481 e. The molecular formula is C20H21Cl2NO4. The van der Waals surface area contributed by atoms with Gasteiger partial charge in [-0.15, -0.1) is 0 Å². The minimum atomic E-state index is -0.789. The van der Waals surface area contributed by atoms with Gasteiger partial charge in [-0.1, -0.05) is 41.4 Å². The molecule has 1 aliphatic rings. The summed E-state index contributed by atoms with van der Waals surface area (Å²) >= 11 is 12.3. The number of carboxylic acids is 1. The number of nitrogens with zero attached hydrogens (tertiary/aromatic N) is 1. The highest BCUT2D eigenvalue weighted by Crippen LogP contribution is 2.37. The van der Waals surface area contributed by atoms with Crippen LogP contribution < -0.4 is 4.74 Å². The Balaban J connectivity index is 1.71. The van der Waals surface area contributed by atoms with E-state index in [0.29, 0.717) is 41.2 Å². The molecule has 27 heavy (non-hydrogen) atoms. The maximum Gasteiger partial charge on any atom is 0.304 e. The number of morpholine rings is 1. The van der Waals surface area contributed by atoms with E-state index in [-0.39, 0.29) is 6.42 Å². The van der Waals surface area contributed by atoms with E-state index in [1.165, 1.54) is 0 Å². The molecule has 5 nitrogen and oxygen atoms in total. The fraction of sp³-hybridized carbons (Fsp3) is 0.350. The van der Waals surface area contributed by atoms with Crippen molar-refractivity contribution in [2.24, 2.45) is 0 Å². The second-order valence-corrected chi connectivity index (χ2v) is 7.49. The predicted molar refractivity (Wildman–Crippen MR) is 105 cm³/mol. The summed E-state index contributed by atoms with van der Waals surface area (Å²) in [6.07, 6.45) is 0.126. The van der Waals surface area contributed by atoms with Gasteiger partial charge < -0.3 is 14.6 Å². The van der Waals surface area contributed by atoms with Crippen molar-refractivity contribution in [3.05, 3.63) is 58.1 Å². The zero-order chi connectivity index (χ0) is 19.4. The summed E-state index contributed by atoms with van der Waals surface area (Å²) in [5, 5.41) is 9.79. The van der Waals surface area contributed by atoms with Gasteiger partial charge in [0, 0.05) is 19.6 Å².